The molecule has 0 aliphatic carbocycles. The minimum Gasteiger partial charge on any atom is -0.416 e. The van der Waals surface area contributed by atoms with Gasteiger partial charge in [-0.2, -0.15) is 5.10 Å². The number of nitrogens with two attached hydrogens (primary N) is 1. The molecule has 13 heavy (non-hydrogen) atoms. The molecule has 7 nitrogen and oxygen atoms in total. The molecule has 2 aromatic heterocycles. The largest absolute Gasteiger partial charge is 0.416 e. The van der Waals surface area contributed by atoms with Crippen LogP contribution in [0.5, 0.6) is 0 Å². The zero-order valence-corrected chi connectivity index (χ0v) is 6.93. The SMILES string of the molecule is C[C@H](N)c1nnc(-c2ncn[nH]2)o1. The first-order valence-corrected chi connectivity index (χ1v) is 3.72. The second-order valence-corrected chi connectivity index (χ2v) is 2.57. The number of H-pyrrole nitrogens is 1. The van der Waals surface area contributed by atoms with Crippen molar-refractivity contribution in [2.24, 2.45) is 5.73 Å². The Morgan fingerprint density at radius 1 is 1.54 bits per heavy atom. The van der Waals surface area contributed by atoms with Crippen LogP contribution in [0.4, 0.5) is 0 Å². The molecule has 7 heteroatoms. The van der Waals surface area contributed by atoms with Gasteiger partial charge in [-0.15, -0.1) is 10.2 Å². The molecule has 2 heterocycles. The number of nitrogens with zero attached hydrogens (tertiary/aromatic N) is 4. The average molecular weight is 180 g/mol. The molecule has 0 fully saturated rings. The fraction of sp³-hybridized carbons (Fsp3) is 0.333. The molecule has 0 spiro atoms. The Morgan fingerprint density at radius 3 is 2.92 bits per heavy atom. The molecule has 0 aliphatic heterocycles. The lowest BCUT2D eigenvalue weighted by atomic mass is 10.4. The second kappa shape index (κ2) is 2.94. The van der Waals surface area contributed by atoms with Crippen LogP contribution in [-0.2, 0) is 0 Å². The van der Waals surface area contributed by atoms with Crippen molar-refractivity contribution in [3.05, 3.63) is 12.2 Å². The zero-order valence-electron chi connectivity index (χ0n) is 6.93. The predicted molar refractivity (Wildman–Crippen MR) is 42.3 cm³/mol. The van der Waals surface area contributed by atoms with Gasteiger partial charge in [0.1, 0.15) is 6.33 Å². The van der Waals surface area contributed by atoms with Crippen molar-refractivity contribution in [1.82, 2.24) is 25.4 Å². The van der Waals surface area contributed by atoms with E-state index in [0.717, 1.165) is 0 Å². The highest BCUT2D eigenvalue weighted by Gasteiger charge is 2.12. The van der Waals surface area contributed by atoms with Crippen LogP contribution in [0.1, 0.15) is 18.9 Å². The summed E-state index contributed by atoms with van der Waals surface area (Å²) >= 11 is 0. The van der Waals surface area contributed by atoms with E-state index in [1.807, 2.05) is 0 Å². The summed E-state index contributed by atoms with van der Waals surface area (Å²) in [5, 5.41) is 13.8. The van der Waals surface area contributed by atoms with E-state index in [1.54, 1.807) is 6.92 Å². The number of hydrogen-bond acceptors (Lipinski definition) is 6. The van der Waals surface area contributed by atoms with Crippen LogP contribution in [0.2, 0.25) is 0 Å². The first-order valence-electron chi connectivity index (χ1n) is 3.72. The van der Waals surface area contributed by atoms with Crippen molar-refractivity contribution in [2.45, 2.75) is 13.0 Å². The van der Waals surface area contributed by atoms with Gasteiger partial charge < -0.3 is 10.2 Å². The van der Waals surface area contributed by atoms with Gasteiger partial charge in [-0.3, -0.25) is 5.10 Å². The number of nitrogens with one attached hydrogen (secondary N) is 1. The summed E-state index contributed by atoms with van der Waals surface area (Å²) in [6, 6.07) is -0.274. The monoisotopic (exact) mass is 180 g/mol. The Kier molecular flexibility index (Phi) is 1.78. The van der Waals surface area contributed by atoms with Crippen LogP contribution in [-0.4, -0.2) is 25.4 Å². The third kappa shape index (κ3) is 1.41. The first-order chi connectivity index (χ1) is 6.27. The van der Waals surface area contributed by atoms with Crippen LogP contribution in [0.15, 0.2) is 10.7 Å². The molecular weight excluding hydrogens is 172 g/mol. The predicted octanol–water partition coefficient (Wildman–Crippen LogP) is -0.126. The summed E-state index contributed by atoms with van der Waals surface area (Å²) < 4.78 is 5.21. The standard InChI is InChI=1S/C6H8N6O/c1-3(7)5-11-12-6(13-5)4-8-2-9-10-4/h2-3H,7H2,1H3,(H,8,9,10)/t3-/m0/s1. The Balaban J connectivity index is 2.33. The smallest absolute Gasteiger partial charge is 0.285 e. The summed E-state index contributed by atoms with van der Waals surface area (Å²) in [4.78, 5) is 3.86. The van der Waals surface area contributed by atoms with E-state index in [2.05, 4.69) is 25.4 Å². The van der Waals surface area contributed by atoms with E-state index in [0.29, 0.717) is 17.6 Å². The molecule has 0 radical (unpaired) electrons. The number of aromatic nitrogens is 5. The molecule has 0 saturated carbocycles. The van der Waals surface area contributed by atoms with E-state index in [4.69, 9.17) is 10.2 Å². The Bertz CT molecular complexity index is 377. The molecule has 0 aromatic carbocycles. The Labute approximate surface area is 73.4 Å². The van der Waals surface area contributed by atoms with E-state index in [9.17, 15) is 0 Å². The maximum absolute atomic E-state index is 5.54. The van der Waals surface area contributed by atoms with Crippen LogP contribution >= 0.6 is 0 Å². The number of rotatable bonds is 2. The minimum absolute atomic E-state index is 0.274. The molecule has 2 rings (SSSR count). The van der Waals surface area contributed by atoms with Gasteiger partial charge in [-0.05, 0) is 6.92 Å². The van der Waals surface area contributed by atoms with Crippen molar-refractivity contribution in [3.8, 4) is 11.7 Å². The topological polar surface area (TPSA) is 107 Å². The summed E-state index contributed by atoms with van der Waals surface area (Å²) in [7, 11) is 0. The van der Waals surface area contributed by atoms with Gasteiger partial charge >= 0.3 is 0 Å². The second-order valence-electron chi connectivity index (χ2n) is 2.57. The van der Waals surface area contributed by atoms with E-state index in [1.165, 1.54) is 6.33 Å². The zero-order chi connectivity index (χ0) is 9.26. The van der Waals surface area contributed by atoms with Crippen molar-refractivity contribution in [2.75, 3.05) is 0 Å². The maximum Gasteiger partial charge on any atom is 0.285 e. The average Bonchev–Trinajstić information content (AvgIpc) is 2.75. The molecule has 2 aromatic rings. The summed E-state index contributed by atoms with van der Waals surface area (Å²) in [6.07, 6.45) is 1.37. The summed E-state index contributed by atoms with van der Waals surface area (Å²) in [5.41, 5.74) is 5.54. The van der Waals surface area contributed by atoms with Gasteiger partial charge in [0.15, 0.2) is 0 Å². The minimum atomic E-state index is -0.274. The Morgan fingerprint density at radius 2 is 2.38 bits per heavy atom. The molecule has 0 saturated heterocycles. The van der Waals surface area contributed by atoms with Gasteiger partial charge in [-0.25, -0.2) is 4.98 Å². The quantitative estimate of drug-likeness (QED) is 0.666. The van der Waals surface area contributed by atoms with E-state index in [-0.39, 0.29) is 6.04 Å². The fourth-order valence-corrected chi connectivity index (χ4v) is 0.823. The molecular formula is C6H8N6O. The molecule has 1 atom stereocenters. The first kappa shape index (κ1) is 7.87. The highest BCUT2D eigenvalue weighted by atomic mass is 16.4. The lowest BCUT2D eigenvalue weighted by Crippen LogP contribution is -2.04. The van der Waals surface area contributed by atoms with Crippen LogP contribution in [0.3, 0.4) is 0 Å². The van der Waals surface area contributed by atoms with Crippen LogP contribution in [0, 0.1) is 0 Å². The lowest BCUT2D eigenvalue weighted by molar-refractivity contribution is 0.471. The van der Waals surface area contributed by atoms with Crippen molar-refractivity contribution >= 4 is 0 Å². The third-order valence-electron chi connectivity index (χ3n) is 1.45. The van der Waals surface area contributed by atoms with E-state index >= 15 is 0 Å². The number of hydrogen-bond donors (Lipinski definition) is 2. The summed E-state index contributed by atoms with van der Waals surface area (Å²) in [5.74, 6) is 1.12. The summed E-state index contributed by atoms with van der Waals surface area (Å²) in [6.45, 7) is 1.76. The van der Waals surface area contributed by atoms with Crippen molar-refractivity contribution < 1.29 is 4.42 Å². The molecule has 0 bridgehead atoms. The number of aromatic amines is 1. The highest BCUT2D eigenvalue weighted by Crippen LogP contribution is 2.14. The van der Waals surface area contributed by atoms with Gasteiger partial charge in [0.05, 0.1) is 6.04 Å². The highest BCUT2D eigenvalue weighted by molar-refractivity contribution is 5.36. The molecule has 3 N–H and O–H groups in total. The van der Waals surface area contributed by atoms with Gasteiger partial charge in [0, 0.05) is 0 Å². The third-order valence-corrected chi connectivity index (χ3v) is 1.45. The maximum atomic E-state index is 5.54. The van der Waals surface area contributed by atoms with Gasteiger partial charge in [-0.1, -0.05) is 0 Å². The van der Waals surface area contributed by atoms with Crippen molar-refractivity contribution in [3.63, 3.8) is 0 Å². The van der Waals surface area contributed by atoms with Crippen molar-refractivity contribution in [1.29, 1.82) is 0 Å². The van der Waals surface area contributed by atoms with E-state index < -0.39 is 0 Å². The molecule has 0 aliphatic rings. The fourth-order valence-electron chi connectivity index (χ4n) is 0.823. The molecule has 0 unspecified atom stereocenters. The molecule has 0 amide bonds. The van der Waals surface area contributed by atoms with Gasteiger partial charge in [0.2, 0.25) is 11.7 Å². The van der Waals surface area contributed by atoms with Gasteiger partial charge in [0.25, 0.3) is 5.89 Å². The normalized spacial score (nSPS) is 13.1. The van der Waals surface area contributed by atoms with Crippen LogP contribution < -0.4 is 5.73 Å². The lowest BCUT2D eigenvalue weighted by Gasteiger charge is -1.93. The molecule has 68 valence electrons. The van der Waals surface area contributed by atoms with Crippen LogP contribution in [0.25, 0.3) is 11.7 Å². The Hall–Kier alpha value is -1.76.